The molecule has 0 spiro atoms. The fourth-order valence-electron chi connectivity index (χ4n) is 2.20. The Morgan fingerprint density at radius 1 is 1.18 bits per heavy atom. The van der Waals surface area contributed by atoms with Gasteiger partial charge in [0.15, 0.2) is 0 Å². The van der Waals surface area contributed by atoms with E-state index in [-0.39, 0.29) is 10.8 Å². The van der Waals surface area contributed by atoms with Crippen molar-refractivity contribution in [1.29, 1.82) is 0 Å². The molecule has 8 heteroatoms. The molecule has 0 aliphatic rings. The molecule has 7 nitrogen and oxygen atoms in total. The van der Waals surface area contributed by atoms with Gasteiger partial charge in [-0.05, 0) is 19.1 Å². The van der Waals surface area contributed by atoms with Crippen molar-refractivity contribution in [3.05, 3.63) is 42.7 Å². The highest BCUT2D eigenvalue weighted by atomic mass is 32.2. The molecule has 0 aliphatic heterocycles. The van der Waals surface area contributed by atoms with Crippen LogP contribution in [0.25, 0.3) is 10.8 Å². The van der Waals surface area contributed by atoms with Crippen LogP contribution in [0.2, 0.25) is 0 Å². The number of benzene rings is 2. The van der Waals surface area contributed by atoms with E-state index < -0.39 is 10.0 Å². The lowest BCUT2D eigenvalue weighted by atomic mass is 10.1. The third kappa shape index (κ3) is 2.60. The predicted octanol–water partition coefficient (Wildman–Crippen LogP) is 2.16. The van der Waals surface area contributed by atoms with E-state index in [1.54, 1.807) is 18.2 Å². The highest BCUT2D eigenvalue weighted by Gasteiger charge is 2.20. The highest BCUT2D eigenvalue weighted by molar-refractivity contribution is 7.93. The maximum atomic E-state index is 12.5. The van der Waals surface area contributed by atoms with Crippen molar-refractivity contribution in [1.82, 2.24) is 15.2 Å². The number of H-pyrrole nitrogens is 1. The molecule has 0 atom stereocenters. The summed E-state index contributed by atoms with van der Waals surface area (Å²) in [7, 11) is -3.78. The van der Waals surface area contributed by atoms with Crippen LogP contribution < -0.4 is 9.46 Å². The summed E-state index contributed by atoms with van der Waals surface area (Å²) in [6.07, 6.45) is 1.23. The zero-order valence-corrected chi connectivity index (χ0v) is 12.6. The van der Waals surface area contributed by atoms with Gasteiger partial charge in [-0.25, -0.2) is 18.2 Å². The minimum absolute atomic E-state index is 0.0676. The van der Waals surface area contributed by atoms with Crippen LogP contribution in [0.3, 0.4) is 0 Å². The number of aromatic amines is 1. The van der Waals surface area contributed by atoms with Crippen LogP contribution in [-0.4, -0.2) is 30.2 Å². The Hall–Kier alpha value is -2.61. The molecular formula is C14H14N4O3S. The minimum Gasteiger partial charge on any atom is -0.493 e. The zero-order valence-electron chi connectivity index (χ0n) is 11.8. The average molecular weight is 318 g/mol. The molecule has 2 N–H and O–H groups in total. The lowest BCUT2D eigenvalue weighted by Crippen LogP contribution is -2.14. The molecule has 0 aliphatic carbocycles. The SMILES string of the molecule is CCOc1ccc(S(=O)(=O)Nc2ncn[nH]2)c2ccccc12. The van der Waals surface area contributed by atoms with Gasteiger partial charge in [-0.2, -0.15) is 10.1 Å². The van der Waals surface area contributed by atoms with Crippen LogP contribution in [-0.2, 0) is 10.0 Å². The number of hydrogen-bond acceptors (Lipinski definition) is 5. The normalized spacial score (nSPS) is 11.5. The van der Waals surface area contributed by atoms with Crippen LogP contribution in [0.5, 0.6) is 5.75 Å². The Kier molecular flexibility index (Phi) is 3.68. The number of nitrogens with zero attached hydrogens (tertiary/aromatic N) is 2. The largest absolute Gasteiger partial charge is 0.493 e. The van der Waals surface area contributed by atoms with Gasteiger partial charge in [-0.1, -0.05) is 24.3 Å². The minimum atomic E-state index is -3.78. The molecule has 0 saturated carbocycles. The van der Waals surface area contributed by atoms with Gasteiger partial charge in [0.2, 0.25) is 5.95 Å². The van der Waals surface area contributed by atoms with Crippen molar-refractivity contribution >= 4 is 26.7 Å². The first-order chi connectivity index (χ1) is 10.6. The number of nitrogens with one attached hydrogen (secondary N) is 2. The van der Waals surface area contributed by atoms with Crippen molar-refractivity contribution < 1.29 is 13.2 Å². The number of hydrogen-bond donors (Lipinski definition) is 2. The van der Waals surface area contributed by atoms with Crippen LogP contribution in [0.4, 0.5) is 5.95 Å². The van der Waals surface area contributed by atoms with Crippen LogP contribution in [0, 0.1) is 0 Å². The van der Waals surface area contributed by atoms with Crippen LogP contribution in [0.1, 0.15) is 6.92 Å². The molecule has 3 rings (SSSR count). The molecule has 1 aromatic heterocycles. The number of anilines is 1. The number of fused-ring (bicyclic) bond motifs is 1. The highest BCUT2D eigenvalue weighted by Crippen LogP contribution is 2.31. The third-order valence-electron chi connectivity index (χ3n) is 3.08. The van der Waals surface area contributed by atoms with E-state index in [1.807, 2.05) is 19.1 Å². The maximum Gasteiger partial charge on any atom is 0.264 e. The monoisotopic (exact) mass is 318 g/mol. The van der Waals surface area contributed by atoms with Gasteiger partial charge in [-0.3, -0.25) is 0 Å². The fraction of sp³-hybridized carbons (Fsp3) is 0.143. The van der Waals surface area contributed by atoms with Crippen molar-refractivity contribution in [2.24, 2.45) is 0 Å². The second-order valence-electron chi connectivity index (χ2n) is 4.48. The molecule has 0 unspecified atom stereocenters. The molecule has 0 radical (unpaired) electrons. The summed E-state index contributed by atoms with van der Waals surface area (Å²) < 4.78 is 33.0. The van der Waals surface area contributed by atoms with Gasteiger partial charge in [0.05, 0.1) is 11.5 Å². The summed E-state index contributed by atoms with van der Waals surface area (Å²) in [4.78, 5) is 3.93. The van der Waals surface area contributed by atoms with Crippen LogP contribution in [0.15, 0.2) is 47.6 Å². The van der Waals surface area contributed by atoms with E-state index in [9.17, 15) is 8.42 Å². The van der Waals surface area contributed by atoms with Gasteiger partial charge >= 0.3 is 0 Å². The molecule has 0 bridgehead atoms. The van der Waals surface area contributed by atoms with Gasteiger partial charge in [0.1, 0.15) is 12.1 Å². The Labute approximate surface area is 127 Å². The third-order valence-corrected chi connectivity index (χ3v) is 4.48. The Morgan fingerprint density at radius 2 is 1.95 bits per heavy atom. The standard InChI is InChI=1S/C14H14N4O3S/c1-2-21-12-7-8-13(11-6-4-3-5-10(11)12)22(19,20)18-14-15-9-16-17-14/h3-9H,2H2,1H3,(H2,15,16,17,18). The van der Waals surface area contributed by atoms with Crippen LogP contribution >= 0.6 is 0 Å². The molecule has 3 aromatic rings. The van der Waals surface area contributed by atoms with Crippen molar-refractivity contribution in [2.45, 2.75) is 11.8 Å². The van der Waals surface area contributed by atoms with Crippen molar-refractivity contribution in [3.63, 3.8) is 0 Å². The summed E-state index contributed by atoms with van der Waals surface area (Å²) in [6.45, 7) is 2.39. The second kappa shape index (κ2) is 5.64. The quantitative estimate of drug-likeness (QED) is 0.751. The molecular weight excluding hydrogens is 304 g/mol. The molecule has 1 heterocycles. The summed E-state index contributed by atoms with van der Waals surface area (Å²) in [5.74, 6) is 0.717. The summed E-state index contributed by atoms with van der Waals surface area (Å²) in [5.41, 5.74) is 0. The predicted molar refractivity (Wildman–Crippen MR) is 82.3 cm³/mol. The van der Waals surface area contributed by atoms with Gasteiger partial charge in [0, 0.05) is 10.8 Å². The Balaban J connectivity index is 2.13. The summed E-state index contributed by atoms with van der Waals surface area (Å²) in [6, 6.07) is 10.4. The van der Waals surface area contributed by atoms with E-state index >= 15 is 0 Å². The topological polar surface area (TPSA) is 97.0 Å². The second-order valence-corrected chi connectivity index (χ2v) is 6.13. The fourth-order valence-corrected chi connectivity index (χ4v) is 3.37. The van der Waals surface area contributed by atoms with E-state index in [0.29, 0.717) is 17.7 Å². The number of aromatic nitrogens is 3. The molecule has 114 valence electrons. The molecule has 0 amide bonds. The lowest BCUT2D eigenvalue weighted by Gasteiger charge is -2.12. The lowest BCUT2D eigenvalue weighted by molar-refractivity contribution is 0.344. The molecule has 22 heavy (non-hydrogen) atoms. The maximum absolute atomic E-state index is 12.5. The summed E-state index contributed by atoms with van der Waals surface area (Å²) in [5, 5.41) is 7.41. The molecule has 0 saturated heterocycles. The van der Waals surface area contributed by atoms with Crippen molar-refractivity contribution in [2.75, 3.05) is 11.3 Å². The van der Waals surface area contributed by atoms with E-state index in [4.69, 9.17) is 4.74 Å². The Morgan fingerprint density at radius 3 is 2.64 bits per heavy atom. The molecule has 2 aromatic carbocycles. The smallest absolute Gasteiger partial charge is 0.264 e. The van der Waals surface area contributed by atoms with Gasteiger partial charge in [0.25, 0.3) is 10.0 Å². The van der Waals surface area contributed by atoms with E-state index in [2.05, 4.69) is 19.9 Å². The zero-order chi connectivity index (χ0) is 15.6. The average Bonchev–Trinajstić information content (AvgIpc) is 3.00. The number of ether oxygens (including phenoxy) is 1. The first-order valence-corrected chi connectivity index (χ1v) is 8.13. The Bertz CT molecular complexity index is 892. The van der Waals surface area contributed by atoms with Gasteiger partial charge in [-0.15, -0.1) is 0 Å². The summed E-state index contributed by atoms with van der Waals surface area (Å²) >= 11 is 0. The van der Waals surface area contributed by atoms with E-state index in [0.717, 1.165) is 5.39 Å². The van der Waals surface area contributed by atoms with E-state index in [1.165, 1.54) is 12.4 Å². The first kappa shape index (κ1) is 14.3. The number of sulfonamides is 1. The first-order valence-electron chi connectivity index (χ1n) is 6.64. The number of rotatable bonds is 5. The van der Waals surface area contributed by atoms with Crippen molar-refractivity contribution in [3.8, 4) is 5.75 Å². The molecule has 0 fully saturated rings. The van der Waals surface area contributed by atoms with Gasteiger partial charge < -0.3 is 4.74 Å².